The molecule has 1 saturated carbocycles. The Kier molecular flexibility index (Phi) is 5.35. The van der Waals surface area contributed by atoms with Gasteiger partial charge in [-0.3, -0.25) is 0 Å². The predicted octanol–water partition coefficient (Wildman–Crippen LogP) is 4.35. The Balaban J connectivity index is 1.42. The number of fused-ring (bicyclic) bond motifs is 1. The molecule has 4 atom stereocenters. The zero-order valence-electron chi connectivity index (χ0n) is 11.8. The molecule has 1 aromatic carbocycles. The maximum atomic E-state index is 6.24. The maximum Gasteiger partial charge on any atom is 0.0722 e. The van der Waals surface area contributed by atoms with E-state index in [-0.39, 0.29) is 0 Å². The maximum absolute atomic E-state index is 6.24. The molecule has 2 aliphatic rings. The lowest BCUT2D eigenvalue weighted by Crippen LogP contribution is -2.25. The highest BCUT2D eigenvalue weighted by atomic mass is 127. The number of alkyl halides is 1. The molecule has 20 heavy (non-hydrogen) atoms. The van der Waals surface area contributed by atoms with Crippen LogP contribution in [0.15, 0.2) is 30.3 Å². The number of rotatable bonds is 5. The molecule has 0 radical (unpaired) electrons. The molecule has 1 aromatic rings. The molecule has 1 aliphatic carbocycles. The van der Waals surface area contributed by atoms with Crippen LogP contribution in [0.2, 0.25) is 0 Å². The van der Waals surface area contributed by atoms with Crippen molar-refractivity contribution in [3.8, 4) is 0 Å². The van der Waals surface area contributed by atoms with E-state index in [2.05, 4.69) is 46.9 Å². The van der Waals surface area contributed by atoms with Crippen LogP contribution < -0.4 is 0 Å². The summed E-state index contributed by atoms with van der Waals surface area (Å²) in [6, 6.07) is 10.4. The van der Waals surface area contributed by atoms with Crippen molar-refractivity contribution in [2.75, 3.05) is 6.61 Å². The standard InChI is InChI=1S/C17H23IO2/c18-15(12-19-11-13-6-2-1-3-7-13)17-10-14-8-4-5-9-16(14)20-17/h1-3,6-7,14-17H,4-5,8-12H2/t14-,15+,16+,17-/m0/s1. The van der Waals surface area contributed by atoms with Gasteiger partial charge >= 0.3 is 0 Å². The quantitative estimate of drug-likeness (QED) is 0.553. The number of ether oxygens (including phenoxy) is 2. The van der Waals surface area contributed by atoms with Gasteiger partial charge in [-0.1, -0.05) is 65.8 Å². The summed E-state index contributed by atoms with van der Waals surface area (Å²) < 4.78 is 12.6. The van der Waals surface area contributed by atoms with E-state index in [1.165, 1.54) is 37.7 Å². The van der Waals surface area contributed by atoms with Crippen molar-refractivity contribution in [3.05, 3.63) is 35.9 Å². The number of halogens is 1. The van der Waals surface area contributed by atoms with E-state index >= 15 is 0 Å². The SMILES string of the molecule is I[C@H](COCc1ccccc1)[C@@H]1C[C@@H]2CCCC[C@H]2O1. The molecule has 1 aliphatic heterocycles. The van der Waals surface area contributed by atoms with E-state index < -0.39 is 0 Å². The molecule has 1 heterocycles. The van der Waals surface area contributed by atoms with Crippen molar-refractivity contribution in [2.24, 2.45) is 5.92 Å². The van der Waals surface area contributed by atoms with E-state index in [1.54, 1.807) is 0 Å². The first-order valence-electron chi connectivity index (χ1n) is 7.74. The van der Waals surface area contributed by atoms with Gasteiger partial charge in [0.25, 0.3) is 0 Å². The summed E-state index contributed by atoms with van der Waals surface area (Å²) in [5.74, 6) is 0.820. The normalized spacial score (nSPS) is 30.9. The van der Waals surface area contributed by atoms with Crippen LogP contribution in [-0.4, -0.2) is 22.7 Å². The highest BCUT2D eigenvalue weighted by Gasteiger charge is 2.39. The van der Waals surface area contributed by atoms with Gasteiger partial charge in [0.15, 0.2) is 0 Å². The van der Waals surface area contributed by atoms with Gasteiger partial charge in [0, 0.05) is 0 Å². The largest absolute Gasteiger partial charge is 0.376 e. The molecule has 0 amide bonds. The third-order valence-electron chi connectivity index (χ3n) is 4.52. The van der Waals surface area contributed by atoms with Crippen LogP contribution in [0.5, 0.6) is 0 Å². The highest BCUT2D eigenvalue weighted by molar-refractivity contribution is 14.1. The first-order valence-corrected chi connectivity index (χ1v) is 8.98. The first-order chi connectivity index (χ1) is 9.83. The third-order valence-corrected chi connectivity index (χ3v) is 5.68. The van der Waals surface area contributed by atoms with E-state index in [0.29, 0.717) is 22.7 Å². The lowest BCUT2D eigenvalue weighted by Gasteiger charge is -2.23. The third kappa shape index (κ3) is 3.74. The Labute approximate surface area is 135 Å². The van der Waals surface area contributed by atoms with Gasteiger partial charge in [0.1, 0.15) is 0 Å². The van der Waals surface area contributed by atoms with E-state index in [1.807, 2.05) is 6.07 Å². The van der Waals surface area contributed by atoms with Gasteiger partial charge in [-0.05, 0) is 30.7 Å². The smallest absolute Gasteiger partial charge is 0.0722 e. The second-order valence-electron chi connectivity index (χ2n) is 6.01. The molecule has 2 fully saturated rings. The molecule has 3 heteroatoms. The number of benzene rings is 1. The molecule has 110 valence electrons. The van der Waals surface area contributed by atoms with E-state index in [9.17, 15) is 0 Å². The van der Waals surface area contributed by atoms with Crippen LogP contribution in [-0.2, 0) is 16.1 Å². The second-order valence-corrected chi connectivity index (χ2v) is 7.61. The van der Waals surface area contributed by atoms with Crippen LogP contribution in [0, 0.1) is 5.92 Å². The minimum absolute atomic E-state index is 0.402. The fraction of sp³-hybridized carbons (Fsp3) is 0.647. The van der Waals surface area contributed by atoms with Crippen LogP contribution in [0.3, 0.4) is 0 Å². The van der Waals surface area contributed by atoms with Gasteiger partial charge in [-0.2, -0.15) is 0 Å². The van der Waals surface area contributed by atoms with Crippen LogP contribution in [0.1, 0.15) is 37.7 Å². The van der Waals surface area contributed by atoms with E-state index in [0.717, 1.165) is 12.5 Å². The molecule has 0 spiro atoms. The molecule has 0 N–H and O–H groups in total. The summed E-state index contributed by atoms with van der Waals surface area (Å²) >= 11 is 2.51. The van der Waals surface area contributed by atoms with Gasteiger partial charge in [0.2, 0.25) is 0 Å². The van der Waals surface area contributed by atoms with Crippen molar-refractivity contribution in [1.82, 2.24) is 0 Å². The lowest BCUT2D eigenvalue weighted by molar-refractivity contribution is 0.00614. The molecule has 0 bridgehead atoms. The molecule has 0 aromatic heterocycles. The Morgan fingerprint density at radius 1 is 1.20 bits per heavy atom. The average molecular weight is 386 g/mol. The highest BCUT2D eigenvalue weighted by Crippen LogP contribution is 2.39. The second kappa shape index (κ2) is 7.23. The van der Waals surface area contributed by atoms with Crippen molar-refractivity contribution >= 4 is 22.6 Å². The van der Waals surface area contributed by atoms with Gasteiger partial charge in [-0.25, -0.2) is 0 Å². The van der Waals surface area contributed by atoms with Crippen LogP contribution in [0.4, 0.5) is 0 Å². The fourth-order valence-corrected chi connectivity index (χ4v) is 4.12. The number of hydrogen-bond donors (Lipinski definition) is 0. The Bertz CT molecular complexity index is 395. The summed E-state index contributed by atoms with van der Waals surface area (Å²) in [5.41, 5.74) is 1.25. The number of hydrogen-bond acceptors (Lipinski definition) is 2. The summed E-state index contributed by atoms with van der Waals surface area (Å²) in [6.07, 6.45) is 7.58. The lowest BCUT2D eigenvalue weighted by atomic mass is 9.85. The molecular weight excluding hydrogens is 363 g/mol. The minimum atomic E-state index is 0.402. The molecule has 0 unspecified atom stereocenters. The fourth-order valence-electron chi connectivity index (χ4n) is 3.40. The summed E-state index contributed by atoms with van der Waals surface area (Å²) in [5, 5.41) is 0. The average Bonchev–Trinajstić information content (AvgIpc) is 2.92. The Morgan fingerprint density at radius 2 is 2.00 bits per heavy atom. The van der Waals surface area contributed by atoms with Gasteiger partial charge in [0.05, 0.1) is 29.3 Å². The Morgan fingerprint density at radius 3 is 2.80 bits per heavy atom. The zero-order chi connectivity index (χ0) is 13.8. The van der Waals surface area contributed by atoms with Crippen molar-refractivity contribution < 1.29 is 9.47 Å². The zero-order valence-corrected chi connectivity index (χ0v) is 14.0. The Hall–Kier alpha value is -0.130. The molecule has 2 nitrogen and oxygen atoms in total. The van der Waals surface area contributed by atoms with Crippen molar-refractivity contribution in [3.63, 3.8) is 0 Å². The minimum Gasteiger partial charge on any atom is -0.376 e. The summed E-state index contributed by atoms with van der Waals surface area (Å²) in [4.78, 5) is 0. The van der Waals surface area contributed by atoms with Crippen molar-refractivity contribution in [2.45, 2.75) is 54.8 Å². The monoisotopic (exact) mass is 386 g/mol. The molecule has 1 saturated heterocycles. The predicted molar refractivity (Wildman–Crippen MR) is 89.1 cm³/mol. The van der Waals surface area contributed by atoms with Gasteiger partial charge < -0.3 is 9.47 Å². The topological polar surface area (TPSA) is 18.5 Å². The molecular formula is C17H23IO2. The summed E-state index contributed by atoms with van der Waals surface area (Å²) in [7, 11) is 0. The van der Waals surface area contributed by atoms with E-state index in [4.69, 9.17) is 9.47 Å². The molecule has 3 rings (SSSR count). The van der Waals surface area contributed by atoms with Crippen LogP contribution >= 0.6 is 22.6 Å². The summed E-state index contributed by atoms with van der Waals surface area (Å²) in [6.45, 7) is 1.50. The first kappa shape index (κ1) is 14.8. The van der Waals surface area contributed by atoms with Gasteiger partial charge in [-0.15, -0.1) is 0 Å². The van der Waals surface area contributed by atoms with Crippen molar-refractivity contribution in [1.29, 1.82) is 0 Å². The van der Waals surface area contributed by atoms with Crippen LogP contribution in [0.25, 0.3) is 0 Å².